The van der Waals surface area contributed by atoms with E-state index >= 15 is 0 Å². The van der Waals surface area contributed by atoms with Gasteiger partial charge < -0.3 is 29.0 Å². The molecule has 0 fully saturated rings. The number of ether oxygens (including phenoxy) is 5. The Kier molecular flexibility index (Phi) is 4.74. The van der Waals surface area contributed by atoms with Gasteiger partial charge in [0.05, 0.1) is 0 Å². The zero-order chi connectivity index (χ0) is 16.9. The van der Waals surface area contributed by atoms with Crippen molar-refractivity contribution in [2.45, 2.75) is 19.6 Å². The lowest BCUT2D eigenvalue weighted by Crippen LogP contribution is -2.36. The molecule has 1 aromatic carbocycles. The van der Waals surface area contributed by atoms with Crippen LogP contribution in [0.2, 0.25) is 0 Å². The largest absolute Gasteiger partial charge is 0.493 e. The third-order valence-corrected chi connectivity index (χ3v) is 3.41. The molecule has 1 unspecified atom stereocenters. The van der Waals surface area contributed by atoms with Crippen LogP contribution in [-0.2, 0) is 30.3 Å². The van der Waals surface area contributed by atoms with Gasteiger partial charge in [-0.25, -0.2) is 4.79 Å². The topological polar surface area (TPSA) is 92.3 Å². The van der Waals surface area contributed by atoms with Crippen LogP contribution in [0.4, 0.5) is 0 Å². The van der Waals surface area contributed by atoms with Crippen LogP contribution in [0.5, 0.6) is 11.5 Å². The van der Waals surface area contributed by atoms with Crippen molar-refractivity contribution in [3.63, 3.8) is 0 Å². The molecule has 3 rings (SSSR count). The molecule has 2 aliphatic rings. The first-order valence-corrected chi connectivity index (χ1v) is 7.45. The van der Waals surface area contributed by atoms with E-state index in [2.05, 4.69) is 5.32 Å². The van der Waals surface area contributed by atoms with Gasteiger partial charge in [-0.1, -0.05) is 6.07 Å². The zero-order valence-corrected chi connectivity index (χ0v) is 13.1. The molecule has 2 aliphatic heterocycles. The fourth-order valence-corrected chi connectivity index (χ4v) is 2.13. The Balaban J connectivity index is 1.49. The second kappa shape index (κ2) is 7.12. The van der Waals surface area contributed by atoms with Gasteiger partial charge in [0, 0.05) is 6.54 Å². The molecule has 8 nitrogen and oxygen atoms in total. The number of fused-ring (bicyclic) bond motifs is 1. The summed E-state index contributed by atoms with van der Waals surface area (Å²) < 4.78 is 25.6. The molecule has 0 saturated heterocycles. The molecule has 8 heteroatoms. The maximum absolute atomic E-state index is 12.0. The monoisotopic (exact) mass is 335 g/mol. The maximum Gasteiger partial charge on any atom is 0.377 e. The van der Waals surface area contributed by atoms with Crippen molar-refractivity contribution >= 4 is 11.9 Å². The minimum absolute atomic E-state index is 0.0447. The number of amides is 1. The van der Waals surface area contributed by atoms with Gasteiger partial charge in [0.15, 0.2) is 17.6 Å². The predicted molar refractivity (Wildman–Crippen MR) is 80.0 cm³/mol. The first kappa shape index (κ1) is 16.0. The summed E-state index contributed by atoms with van der Waals surface area (Å²) in [5.74, 6) is 0.119. The van der Waals surface area contributed by atoms with E-state index in [-0.39, 0.29) is 25.7 Å². The number of esters is 1. The first-order valence-electron chi connectivity index (χ1n) is 7.45. The Morgan fingerprint density at radius 1 is 1.21 bits per heavy atom. The van der Waals surface area contributed by atoms with E-state index in [1.165, 1.54) is 13.2 Å². The second-order valence-electron chi connectivity index (χ2n) is 5.15. The van der Waals surface area contributed by atoms with E-state index in [9.17, 15) is 9.59 Å². The van der Waals surface area contributed by atoms with Crippen LogP contribution in [0.25, 0.3) is 0 Å². The van der Waals surface area contributed by atoms with Crippen molar-refractivity contribution in [1.29, 1.82) is 0 Å². The van der Waals surface area contributed by atoms with Gasteiger partial charge in [0.25, 0.3) is 5.91 Å². The lowest BCUT2D eigenvalue weighted by Gasteiger charge is -2.17. The van der Waals surface area contributed by atoms with Gasteiger partial charge in [-0.3, -0.25) is 4.79 Å². The van der Waals surface area contributed by atoms with Crippen LogP contribution >= 0.6 is 0 Å². The molecule has 0 spiro atoms. The minimum Gasteiger partial charge on any atom is -0.493 e. The van der Waals surface area contributed by atoms with Gasteiger partial charge in [-0.2, -0.15) is 0 Å². The normalized spacial score (nSPS) is 16.3. The van der Waals surface area contributed by atoms with Gasteiger partial charge >= 0.3 is 5.97 Å². The van der Waals surface area contributed by atoms with Crippen molar-refractivity contribution < 1.29 is 33.3 Å². The molecule has 1 atom stereocenters. The molecule has 0 aliphatic carbocycles. The first-order chi connectivity index (χ1) is 11.6. The summed E-state index contributed by atoms with van der Waals surface area (Å²) in [6, 6.07) is 5.39. The van der Waals surface area contributed by atoms with Crippen LogP contribution in [0, 0.1) is 0 Å². The number of rotatable bonds is 5. The highest BCUT2D eigenvalue weighted by Gasteiger charge is 2.23. The molecule has 2 heterocycles. The number of hydrogen-bond donors (Lipinski definition) is 1. The Bertz CT molecular complexity index is 670. The lowest BCUT2D eigenvalue weighted by molar-refractivity contribution is -0.155. The smallest absolute Gasteiger partial charge is 0.377 e. The fraction of sp³-hybridized carbons (Fsp3) is 0.375. The summed E-state index contributed by atoms with van der Waals surface area (Å²) in [5, 5.41) is 2.69. The summed E-state index contributed by atoms with van der Waals surface area (Å²) in [6.45, 7) is 2.60. The Hall–Kier alpha value is -2.90. The highest BCUT2D eigenvalue weighted by molar-refractivity contribution is 5.89. The maximum atomic E-state index is 12.0. The third kappa shape index (κ3) is 3.70. The van der Waals surface area contributed by atoms with Crippen molar-refractivity contribution in [2.24, 2.45) is 0 Å². The Labute approximate surface area is 138 Å². The molecule has 24 heavy (non-hydrogen) atoms. The number of nitrogens with one attached hydrogen (secondary N) is 1. The van der Waals surface area contributed by atoms with Crippen molar-refractivity contribution in [2.75, 3.05) is 20.0 Å². The van der Waals surface area contributed by atoms with Gasteiger partial charge in [0.1, 0.15) is 19.5 Å². The van der Waals surface area contributed by atoms with Crippen LogP contribution in [0.1, 0.15) is 12.5 Å². The fourth-order valence-electron chi connectivity index (χ4n) is 2.13. The average Bonchev–Trinajstić information content (AvgIpc) is 3.08. The highest BCUT2D eigenvalue weighted by Crippen LogP contribution is 2.32. The van der Waals surface area contributed by atoms with Crippen molar-refractivity contribution in [3.05, 3.63) is 35.8 Å². The molecule has 1 N–H and O–H groups in total. The van der Waals surface area contributed by atoms with E-state index in [4.69, 9.17) is 23.7 Å². The summed E-state index contributed by atoms with van der Waals surface area (Å²) >= 11 is 0. The minimum atomic E-state index is -0.960. The van der Waals surface area contributed by atoms with Crippen molar-refractivity contribution in [1.82, 2.24) is 5.32 Å². The number of carbonyl (C=O) groups excluding carboxylic acids is 2. The molecular weight excluding hydrogens is 318 g/mol. The van der Waals surface area contributed by atoms with E-state index in [1.807, 2.05) is 6.07 Å². The second-order valence-corrected chi connectivity index (χ2v) is 5.15. The van der Waals surface area contributed by atoms with Gasteiger partial charge in [-0.15, -0.1) is 0 Å². The lowest BCUT2D eigenvalue weighted by atomic mass is 10.2. The van der Waals surface area contributed by atoms with Crippen LogP contribution in [-0.4, -0.2) is 38.0 Å². The zero-order valence-electron chi connectivity index (χ0n) is 13.1. The number of hydrogen-bond acceptors (Lipinski definition) is 7. The number of carbonyl (C=O) groups is 2. The summed E-state index contributed by atoms with van der Waals surface area (Å²) in [6.07, 6.45) is 0.223. The van der Waals surface area contributed by atoms with Gasteiger partial charge in [0.2, 0.25) is 12.6 Å². The standard InChI is InChI=1S/C16H17NO7/c1-10(24-16(19)14-8-20-4-5-21-14)15(18)17-7-11-2-3-12-13(6-11)23-9-22-12/h2-3,6,8,10H,4-5,7,9H2,1H3,(H,17,18). The van der Waals surface area contributed by atoms with E-state index in [0.717, 1.165) is 5.56 Å². The third-order valence-electron chi connectivity index (χ3n) is 3.41. The van der Waals surface area contributed by atoms with Crippen LogP contribution in [0.3, 0.4) is 0 Å². The predicted octanol–water partition coefficient (Wildman–Crippen LogP) is 0.851. The van der Waals surface area contributed by atoms with E-state index in [0.29, 0.717) is 18.1 Å². The molecule has 0 saturated carbocycles. The summed E-state index contributed by atoms with van der Waals surface area (Å²) in [4.78, 5) is 23.8. The van der Waals surface area contributed by atoms with E-state index < -0.39 is 18.0 Å². The SMILES string of the molecule is CC(OC(=O)C1=COCCO1)C(=O)NCc1ccc2c(c1)OCO2. The molecular formula is C16H17NO7. The van der Waals surface area contributed by atoms with E-state index in [1.54, 1.807) is 12.1 Å². The molecule has 0 aromatic heterocycles. The number of benzene rings is 1. The Morgan fingerprint density at radius 3 is 2.83 bits per heavy atom. The molecule has 0 radical (unpaired) electrons. The van der Waals surface area contributed by atoms with Crippen LogP contribution in [0.15, 0.2) is 30.2 Å². The highest BCUT2D eigenvalue weighted by atomic mass is 16.7. The van der Waals surface area contributed by atoms with Gasteiger partial charge in [-0.05, 0) is 24.6 Å². The molecule has 1 amide bonds. The Morgan fingerprint density at radius 2 is 2.04 bits per heavy atom. The van der Waals surface area contributed by atoms with Crippen molar-refractivity contribution in [3.8, 4) is 11.5 Å². The van der Waals surface area contributed by atoms with Crippen LogP contribution < -0.4 is 14.8 Å². The molecule has 0 bridgehead atoms. The molecule has 128 valence electrons. The summed E-state index contributed by atoms with van der Waals surface area (Å²) in [7, 11) is 0. The quantitative estimate of drug-likeness (QED) is 0.798. The average molecular weight is 335 g/mol. The molecule has 1 aromatic rings. The summed E-state index contributed by atoms with van der Waals surface area (Å²) in [5.41, 5.74) is 0.845.